The second kappa shape index (κ2) is 8.08. The van der Waals surface area contributed by atoms with Crippen LogP contribution in [0.2, 0.25) is 0 Å². The molecule has 0 spiro atoms. The standard InChI is InChI=1S/C12H27NO2/c1-6-12(7-2)13(8-9-15-5)10(3)11(4)14/h10-12,14H,6-9H2,1-5H3. The highest BCUT2D eigenvalue weighted by Crippen LogP contribution is 2.14. The van der Waals surface area contributed by atoms with E-state index >= 15 is 0 Å². The molecule has 0 fully saturated rings. The molecule has 0 amide bonds. The number of aliphatic hydroxyl groups excluding tert-OH is 1. The molecule has 0 radical (unpaired) electrons. The summed E-state index contributed by atoms with van der Waals surface area (Å²) in [6, 6.07) is 0.745. The molecule has 0 aromatic heterocycles. The largest absolute Gasteiger partial charge is 0.392 e. The van der Waals surface area contributed by atoms with Gasteiger partial charge in [-0.25, -0.2) is 0 Å². The fraction of sp³-hybridized carbons (Fsp3) is 1.00. The summed E-state index contributed by atoms with van der Waals surface area (Å²) in [4.78, 5) is 2.36. The predicted molar refractivity (Wildman–Crippen MR) is 64.1 cm³/mol. The van der Waals surface area contributed by atoms with Crippen molar-refractivity contribution in [3.63, 3.8) is 0 Å². The van der Waals surface area contributed by atoms with Gasteiger partial charge in [-0.05, 0) is 26.7 Å². The Kier molecular flexibility index (Phi) is 8.02. The summed E-state index contributed by atoms with van der Waals surface area (Å²) in [6.07, 6.45) is 1.96. The number of nitrogens with zero attached hydrogens (tertiary/aromatic N) is 1. The molecule has 3 heteroatoms. The molecule has 3 nitrogen and oxygen atoms in total. The van der Waals surface area contributed by atoms with Crippen LogP contribution in [0.3, 0.4) is 0 Å². The third-order valence-electron chi connectivity index (χ3n) is 3.19. The van der Waals surface area contributed by atoms with Gasteiger partial charge < -0.3 is 9.84 Å². The summed E-state index contributed by atoms with van der Waals surface area (Å²) in [5, 5.41) is 9.65. The van der Waals surface area contributed by atoms with Crippen LogP contribution < -0.4 is 0 Å². The summed E-state index contributed by atoms with van der Waals surface area (Å²) in [5.74, 6) is 0. The van der Waals surface area contributed by atoms with E-state index in [9.17, 15) is 5.11 Å². The van der Waals surface area contributed by atoms with E-state index in [-0.39, 0.29) is 12.1 Å². The van der Waals surface area contributed by atoms with Gasteiger partial charge in [-0.3, -0.25) is 4.90 Å². The molecule has 0 saturated heterocycles. The molecule has 1 N–H and O–H groups in total. The average molecular weight is 217 g/mol. The molecule has 2 unspecified atom stereocenters. The van der Waals surface area contributed by atoms with Crippen LogP contribution in [0.5, 0.6) is 0 Å². The number of rotatable bonds is 8. The number of hydrogen-bond donors (Lipinski definition) is 1. The zero-order chi connectivity index (χ0) is 11.8. The average Bonchev–Trinajstić information content (AvgIpc) is 2.23. The quantitative estimate of drug-likeness (QED) is 0.674. The lowest BCUT2D eigenvalue weighted by Gasteiger charge is -2.37. The Morgan fingerprint density at radius 1 is 1.20 bits per heavy atom. The Morgan fingerprint density at radius 2 is 1.73 bits per heavy atom. The highest BCUT2D eigenvalue weighted by molar-refractivity contribution is 4.78. The Hall–Kier alpha value is -0.120. The van der Waals surface area contributed by atoms with E-state index in [1.54, 1.807) is 7.11 Å². The molecule has 0 aliphatic rings. The van der Waals surface area contributed by atoms with E-state index in [0.717, 1.165) is 26.0 Å². The van der Waals surface area contributed by atoms with Crippen molar-refractivity contribution in [2.75, 3.05) is 20.3 Å². The molecule has 0 saturated carbocycles. The second-order valence-corrected chi connectivity index (χ2v) is 4.18. The maximum Gasteiger partial charge on any atom is 0.0664 e. The lowest BCUT2D eigenvalue weighted by atomic mass is 10.1. The first kappa shape index (κ1) is 14.9. The Morgan fingerprint density at radius 3 is 2.07 bits per heavy atom. The smallest absolute Gasteiger partial charge is 0.0664 e. The van der Waals surface area contributed by atoms with E-state index in [4.69, 9.17) is 4.74 Å². The first-order valence-corrected chi connectivity index (χ1v) is 6.01. The highest BCUT2D eigenvalue weighted by atomic mass is 16.5. The minimum atomic E-state index is -0.289. The van der Waals surface area contributed by atoms with Crippen molar-refractivity contribution in [2.24, 2.45) is 0 Å². The SMILES string of the molecule is CCC(CC)N(CCOC)C(C)C(C)O. The molecular formula is C12H27NO2. The molecule has 0 bridgehead atoms. The van der Waals surface area contributed by atoms with E-state index < -0.39 is 0 Å². The molecule has 0 aromatic carbocycles. The van der Waals surface area contributed by atoms with Gasteiger partial charge in [-0.2, -0.15) is 0 Å². The molecule has 0 rings (SSSR count). The number of hydrogen-bond acceptors (Lipinski definition) is 3. The third kappa shape index (κ3) is 4.96. The molecule has 0 aliphatic heterocycles. The van der Waals surface area contributed by atoms with Crippen LogP contribution in [0.25, 0.3) is 0 Å². The fourth-order valence-corrected chi connectivity index (χ4v) is 1.95. The van der Waals surface area contributed by atoms with Crippen molar-refractivity contribution < 1.29 is 9.84 Å². The normalized spacial score (nSPS) is 16.0. The number of methoxy groups -OCH3 is 1. The van der Waals surface area contributed by atoms with Gasteiger partial charge in [0.25, 0.3) is 0 Å². The molecular weight excluding hydrogens is 190 g/mol. The Balaban J connectivity index is 4.40. The summed E-state index contributed by atoms with van der Waals surface area (Å²) < 4.78 is 5.12. The van der Waals surface area contributed by atoms with Gasteiger partial charge in [0.15, 0.2) is 0 Å². The van der Waals surface area contributed by atoms with Crippen molar-refractivity contribution in [3.05, 3.63) is 0 Å². The van der Waals surface area contributed by atoms with Crippen LogP contribution in [0, 0.1) is 0 Å². The van der Waals surface area contributed by atoms with E-state index in [0.29, 0.717) is 6.04 Å². The van der Waals surface area contributed by atoms with Crippen molar-refractivity contribution in [3.8, 4) is 0 Å². The second-order valence-electron chi connectivity index (χ2n) is 4.18. The van der Waals surface area contributed by atoms with Crippen LogP contribution in [-0.2, 0) is 4.74 Å². The van der Waals surface area contributed by atoms with Gasteiger partial charge in [0.1, 0.15) is 0 Å². The van der Waals surface area contributed by atoms with Gasteiger partial charge in [-0.1, -0.05) is 13.8 Å². The number of aliphatic hydroxyl groups is 1. The van der Waals surface area contributed by atoms with Crippen molar-refractivity contribution in [1.29, 1.82) is 0 Å². The first-order chi connectivity index (χ1) is 7.08. The molecule has 15 heavy (non-hydrogen) atoms. The summed E-state index contributed by atoms with van der Waals surface area (Å²) in [7, 11) is 1.72. The molecule has 2 atom stereocenters. The maximum absolute atomic E-state index is 9.65. The zero-order valence-electron chi connectivity index (χ0n) is 10.9. The molecule has 0 aliphatic carbocycles. The zero-order valence-corrected chi connectivity index (χ0v) is 10.9. The van der Waals surface area contributed by atoms with Gasteiger partial charge >= 0.3 is 0 Å². The lowest BCUT2D eigenvalue weighted by molar-refractivity contribution is 0.0230. The summed E-state index contributed by atoms with van der Waals surface area (Å²) in [5.41, 5.74) is 0. The Bertz CT molecular complexity index is 145. The van der Waals surface area contributed by atoms with Crippen LogP contribution >= 0.6 is 0 Å². The van der Waals surface area contributed by atoms with Crippen molar-refractivity contribution in [2.45, 2.75) is 58.7 Å². The van der Waals surface area contributed by atoms with Crippen molar-refractivity contribution in [1.82, 2.24) is 4.90 Å². The first-order valence-electron chi connectivity index (χ1n) is 6.01. The predicted octanol–water partition coefficient (Wildman–Crippen LogP) is 1.89. The van der Waals surface area contributed by atoms with Crippen LogP contribution in [-0.4, -0.2) is 48.5 Å². The van der Waals surface area contributed by atoms with Crippen LogP contribution in [0.1, 0.15) is 40.5 Å². The van der Waals surface area contributed by atoms with Gasteiger partial charge in [0.05, 0.1) is 12.7 Å². The van der Waals surface area contributed by atoms with Gasteiger partial charge in [-0.15, -0.1) is 0 Å². The molecule has 92 valence electrons. The topological polar surface area (TPSA) is 32.7 Å². The monoisotopic (exact) mass is 217 g/mol. The minimum absolute atomic E-state index is 0.199. The summed E-state index contributed by atoms with van der Waals surface area (Å²) in [6.45, 7) is 9.96. The van der Waals surface area contributed by atoms with Crippen molar-refractivity contribution >= 4 is 0 Å². The van der Waals surface area contributed by atoms with Gasteiger partial charge in [0, 0.05) is 25.7 Å². The summed E-state index contributed by atoms with van der Waals surface area (Å²) >= 11 is 0. The van der Waals surface area contributed by atoms with E-state index in [2.05, 4.69) is 25.7 Å². The maximum atomic E-state index is 9.65. The highest BCUT2D eigenvalue weighted by Gasteiger charge is 2.23. The van der Waals surface area contributed by atoms with Gasteiger partial charge in [0.2, 0.25) is 0 Å². The number of ether oxygens (including phenoxy) is 1. The molecule has 0 aromatic rings. The van der Waals surface area contributed by atoms with Crippen LogP contribution in [0.15, 0.2) is 0 Å². The van der Waals surface area contributed by atoms with E-state index in [1.165, 1.54) is 0 Å². The minimum Gasteiger partial charge on any atom is -0.392 e. The lowest BCUT2D eigenvalue weighted by Crippen LogP contribution is -2.47. The Labute approximate surface area is 94.4 Å². The fourth-order valence-electron chi connectivity index (χ4n) is 1.95. The third-order valence-corrected chi connectivity index (χ3v) is 3.19. The van der Waals surface area contributed by atoms with Crippen LogP contribution in [0.4, 0.5) is 0 Å². The molecule has 0 heterocycles. The van der Waals surface area contributed by atoms with E-state index in [1.807, 2.05) is 6.92 Å².